The normalized spacial score (nSPS) is 13.2. The summed E-state index contributed by atoms with van der Waals surface area (Å²) in [5.41, 5.74) is 1.69. The first-order valence-corrected chi connectivity index (χ1v) is 9.33. The van der Waals surface area contributed by atoms with Gasteiger partial charge in [-0.1, -0.05) is 11.6 Å². The number of hydrogen-bond acceptors (Lipinski definition) is 4. The number of ether oxygens (including phenoxy) is 1. The third-order valence-corrected chi connectivity index (χ3v) is 4.66. The summed E-state index contributed by atoms with van der Waals surface area (Å²) in [5.74, 6) is 0.149. The van der Waals surface area contributed by atoms with E-state index < -0.39 is 0 Å². The number of imidazole rings is 1. The van der Waals surface area contributed by atoms with E-state index in [1.165, 1.54) is 7.11 Å². The van der Waals surface area contributed by atoms with Gasteiger partial charge in [-0.2, -0.15) is 0 Å². The number of rotatable bonds is 5. The number of carbonyl (C=O) groups excluding carboxylic acids is 2. The molecule has 1 aromatic heterocycles. The molecule has 144 valence electrons. The van der Waals surface area contributed by atoms with Crippen LogP contribution in [0.15, 0.2) is 18.2 Å². The highest BCUT2D eigenvalue weighted by Gasteiger charge is 2.27. The average molecular weight is 391 g/mol. The number of benzene rings is 1. The number of carbonyl (C=O) groups is 2. The van der Waals surface area contributed by atoms with E-state index in [2.05, 4.69) is 15.6 Å². The van der Waals surface area contributed by atoms with Crippen molar-refractivity contribution in [3.63, 3.8) is 0 Å². The summed E-state index contributed by atoms with van der Waals surface area (Å²) in [7, 11) is 1.53. The Morgan fingerprint density at radius 1 is 1.26 bits per heavy atom. The van der Waals surface area contributed by atoms with Crippen molar-refractivity contribution >= 4 is 29.1 Å². The van der Waals surface area contributed by atoms with Gasteiger partial charge in [-0.15, -0.1) is 0 Å². The Balaban J connectivity index is 1.89. The largest absolute Gasteiger partial charge is 0.495 e. The van der Waals surface area contributed by atoms with Crippen LogP contribution in [0.1, 0.15) is 53.5 Å². The number of halogens is 1. The molecule has 0 atom stereocenters. The Hall–Kier alpha value is -2.54. The Bertz CT molecular complexity index is 876. The van der Waals surface area contributed by atoms with Gasteiger partial charge in [0.15, 0.2) is 5.82 Å². The second kappa shape index (κ2) is 8.00. The van der Waals surface area contributed by atoms with E-state index in [0.29, 0.717) is 28.7 Å². The first kappa shape index (κ1) is 19.2. The molecule has 2 amide bonds. The number of methoxy groups -OCH3 is 1. The number of fused-ring (bicyclic) bond motifs is 1. The Morgan fingerprint density at radius 3 is 2.70 bits per heavy atom. The molecule has 7 nitrogen and oxygen atoms in total. The van der Waals surface area contributed by atoms with E-state index in [1.54, 1.807) is 18.2 Å². The smallest absolute Gasteiger partial charge is 0.291 e. The molecule has 2 aromatic rings. The molecule has 0 bridgehead atoms. The van der Waals surface area contributed by atoms with Crippen molar-refractivity contribution in [3.8, 4) is 5.75 Å². The number of aromatic nitrogens is 2. The number of nitrogens with zero attached hydrogens (tertiary/aromatic N) is 2. The van der Waals surface area contributed by atoms with E-state index in [-0.39, 0.29) is 23.7 Å². The highest BCUT2D eigenvalue weighted by atomic mass is 35.5. The molecule has 2 N–H and O–H groups in total. The van der Waals surface area contributed by atoms with E-state index in [9.17, 15) is 9.59 Å². The zero-order chi connectivity index (χ0) is 19.6. The van der Waals surface area contributed by atoms with E-state index in [1.807, 2.05) is 18.4 Å². The summed E-state index contributed by atoms with van der Waals surface area (Å²) in [6.07, 6.45) is 2.65. The zero-order valence-electron chi connectivity index (χ0n) is 15.6. The molecule has 0 saturated carbocycles. The average Bonchev–Trinajstić information content (AvgIpc) is 3.01. The fraction of sp³-hybridized carbons (Fsp3) is 0.421. The summed E-state index contributed by atoms with van der Waals surface area (Å²) in [6.45, 7) is 4.45. The second-order valence-corrected chi connectivity index (χ2v) is 7.18. The maximum Gasteiger partial charge on any atom is 0.291 e. The Morgan fingerprint density at radius 2 is 2.04 bits per heavy atom. The fourth-order valence-corrected chi connectivity index (χ4v) is 3.42. The summed E-state index contributed by atoms with van der Waals surface area (Å²) >= 11 is 6.12. The van der Waals surface area contributed by atoms with Crippen LogP contribution in [0.5, 0.6) is 5.75 Å². The van der Waals surface area contributed by atoms with Gasteiger partial charge in [0.1, 0.15) is 11.4 Å². The molecule has 0 aliphatic carbocycles. The van der Waals surface area contributed by atoms with Gasteiger partial charge in [0.25, 0.3) is 11.8 Å². The van der Waals surface area contributed by atoms with Crippen molar-refractivity contribution in [1.29, 1.82) is 0 Å². The molecule has 0 radical (unpaired) electrons. The molecule has 8 heteroatoms. The second-order valence-electron chi connectivity index (χ2n) is 6.77. The van der Waals surface area contributed by atoms with Crippen molar-refractivity contribution < 1.29 is 14.3 Å². The van der Waals surface area contributed by atoms with Crippen LogP contribution in [0, 0.1) is 0 Å². The first-order chi connectivity index (χ1) is 12.9. The molecule has 2 heterocycles. The van der Waals surface area contributed by atoms with Crippen LogP contribution >= 0.6 is 11.6 Å². The Kier molecular flexibility index (Phi) is 5.70. The quantitative estimate of drug-likeness (QED) is 0.820. The van der Waals surface area contributed by atoms with Gasteiger partial charge >= 0.3 is 0 Å². The van der Waals surface area contributed by atoms with Crippen LogP contribution in [-0.2, 0) is 13.0 Å². The molecule has 0 fully saturated rings. The summed E-state index contributed by atoms with van der Waals surface area (Å²) in [4.78, 5) is 29.7. The van der Waals surface area contributed by atoms with E-state index in [4.69, 9.17) is 16.3 Å². The lowest BCUT2D eigenvalue weighted by Gasteiger charge is -2.17. The third-order valence-electron chi connectivity index (χ3n) is 4.37. The number of amides is 2. The molecule has 0 spiro atoms. The van der Waals surface area contributed by atoms with Gasteiger partial charge in [-0.25, -0.2) is 4.98 Å². The van der Waals surface area contributed by atoms with Gasteiger partial charge in [0, 0.05) is 18.3 Å². The standard InChI is InChI=1S/C19H23ClN4O3/c1-11(2)21-18(25)16-14-6-4-5-9-24(14)17(23-16)19(26)22-12-7-8-15(27-3)13(20)10-12/h7-8,10-11H,4-6,9H2,1-3H3,(H,21,25)(H,22,26). The molecule has 1 aliphatic rings. The Labute approximate surface area is 163 Å². The maximum atomic E-state index is 12.8. The molecular weight excluding hydrogens is 368 g/mol. The maximum absolute atomic E-state index is 12.8. The first-order valence-electron chi connectivity index (χ1n) is 8.96. The highest BCUT2D eigenvalue weighted by Crippen LogP contribution is 2.28. The SMILES string of the molecule is COc1ccc(NC(=O)c2nc(C(=O)NC(C)C)c3n2CCCC3)cc1Cl. The lowest BCUT2D eigenvalue weighted by molar-refractivity contribution is 0.0937. The minimum Gasteiger partial charge on any atom is -0.495 e. The number of nitrogens with one attached hydrogen (secondary N) is 2. The predicted octanol–water partition coefficient (Wildman–Crippen LogP) is 3.27. The van der Waals surface area contributed by atoms with Crippen LogP contribution in [-0.4, -0.2) is 34.5 Å². The van der Waals surface area contributed by atoms with Crippen molar-refractivity contribution in [1.82, 2.24) is 14.9 Å². The fourth-order valence-electron chi connectivity index (χ4n) is 3.16. The van der Waals surface area contributed by atoms with Gasteiger partial charge < -0.3 is 19.9 Å². The molecule has 3 rings (SSSR count). The monoisotopic (exact) mass is 390 g/mol. The van der Waals surface area contributed by atoms with Crippen molar-refractivity contribution in [3.05, 3.63) is 40.4 Å². The van der Waals surface area contributed by atoms with Gasteiger partial charge in [-0.3, -0.25) is 9.59 Å². The molecule has 0 unspecified atom stereocenters. The van der Waals surface area contributed by atoms with Crippen molar-refractivity contribution in [2.45, 2.75) is 45.7 Å². The number of hydrogen-bond donors (Lipinski definition) is 2. The molecule has 1 aliphatic heterocycles. The zero-order valence-corrected chi connectivity index (χ0v) is 16.4. The summed E-state index contributed by atoms with van der Waals surface area (Å²) in [6, 6.07) is 5.00. The van der Waals surface area contributed by atoms with Gasteiger partial charge in [0.05, 0.1) is 17.8 Å². The van der Waals surface area contributed by atoms with E-state index in [0.717, 1.165) is 25.0 Å². The van der Waals surface area contributed by atoms with Crippen LogP contribution in [0.3, 0.4) is 0 Å². The number of anilines is 1. The van der Waals surface area contributed by atoms with Crippen molar-refractivity contribution in [2.24, 2.45) is 0 Å². The summed E-state index contributed by atoms with van der Waals surface area (Å²) in [5, 5.41) is 6.05. The van der Waals surface area contributed by atoms with Crippen LogP contribution in [0.2, 0.25) is 5.02 Å². The molecule has 1 aromatic carbocycles. The van der Waals surface area contributed by atoms with Gasteiger partial charge in [0.2, 0.25) is 0 Å². The minimum atomic E-state index is -0.372. The molecular formula is C19H23ClN4O3. The molecule has 27 heavy (non-hydrogen) atoms. The topological polar surface area (TPSA) is 85.2 Å². The van der Waals surface area contributed by atoms with Crippen molar-refractivity contribution in [2.75, 3.05) is 12.4 Å². The predicted molar refractivity (Wildman–Crippen MR) is 104 cm³/mol. The van der Waals surface area contributed by atoms with Crippen LogP contribution in [0.25, 0.3) is 0 Å². The lowest BCUT2D eigenvalue weighted by atomic mass is 10.1. The van der Waals surface area contributed by atoms with E-state index >= 15 is 0 Å². The van der Waals surface area contributed by atoms with Crippen LogP contribution < -0.4 is 15.4 Å². The van der Waals surface area contributed by atoms with Gasteiger partial charge in [-0.05, 0) is 51.3 Å². The molecule has 0 saturated heterocycles. The lowest BCUT2D eigenvalue weighted by Crippen LogP contribution is -2.31. The minimum absolute atomic E-state index is 0.00263. The third kappa shape index (κ3) is 4.08. The van der Waals surface area contributed by atoms with Crippen LogP contribution in [0.4, 0.5) is 5.69 Å². The highest BCUT2D eigenvalue weighted by molar-refractivity contribution is 6.32. The summed E-state index contributed by atoms with van der Waals surface area (Å²) < 4.78 is 6.97.